The molecule has 2 saturated heterocycles. The number of alkyl halides is 1. The van der Waals surface area contributed by atoms with Crippen molar-refractivity contribution < 1.29 is 33.0 Å². The van der Waals surface area contributed by atoms with E-state index in [0.717, 1.165) is 6.42 Å². The van der Waals surface area contributed by atoms with Crippen LogP contribution in [0.15, 0.2) is 6.33 Å². The minimum atomic E-state index is -4.29. The second-order valence-electron chi connectivity index (χ2n) is 6.94. The van der Waals surface area contributed by atoms with Gasteiger partial charge in [-0.1, -0.05) is 0 Å². The fourth-order valence-electron chi connectivity index (χ4n) is 3.37. The van der Waals surface area contributed by atoms with Gasteiger partial charge in [0.05, 0.1) is 31.7 Å². The van der Waals surface area contributed by atoms with Crippen molar-refractivity contribution in [3.05, 3.63) is 11.6 Å². The van der Waals surface area contributed by atoms with Crippen LogP contribution < -0.4 is 5.32 Å². The summed E-state index contributed by atoms with van der Waals surface area (Å²) in [5, 5.41) is 3.21. The Morgan fingerprint density at radius 3 is 3.00 bits per heavy atom. The van der Waals surface area contributed by atoms with Crippen LogP contribution in [0.25, 0.3) is 11.2 Å². The molecule has 0 radical (unpaired) electrons. The highest BCUT2D eigenvalue weighted by molar-refractivity contribution is 7.51. The van der Waals surface area contributed by atoms with Gasteiger partial charge < -0.3 is 29.3 Å². The number of ether oxygens (including phenoxy) is 3. The Balaban J connectivity index is 1.51. The number of halogens is 2. The first kappa shape index (κ1) is 20.9. The number of aromatic nitrogens is 4. The fraction of sp³-hybridized carbons (Fsp3) is 0.667. The summed E-state index contributed by atoms with van der Waals surface area (Å²) >= 11 is 6.06. The summed E-state index contributed by atoms with van der Waals surface area (Å²) in [6, 6.07) is 0.0709. The van der Waals surface area contributed by atoms with Gasteiger partial charge in [0.1, 0.15) is 12.5 Å². The Hall–Kier alpha value is -1.40. The maximum atomic E-state index is 14.6. The van der Waals surface area contributed by atoms with Gasteiger partial charge in [0.15, 0.2) is 23.2 Å². The van der Waals surface area contributed by atoms with E-state index in [9.17, 15) is 8.96 Å². The molecule has 2 aliphatic heterocycles. The standard InChI is InChI=1S/C15H20ClFN5O6P/c16-15-20-12(19-8-1-2-26-4-8)11-13(21-15)22(6-18-11)14-10(17)3-9(28-14)5-27-7-29(23,24)25/h6,8-10,14H,1-5,7H2,(H,19,20,21)(H2,23,24,25)/t8-,9-,10-,14?/m0/s1. The molecule has 3 N–H and O–H groups in total. The molecule has 0 spiro atoms. The molecule has 2 fully saturated rings. The zero-order valence-corrected chi connectivity index (χ0v) is 16.8. The molecule has 0 aromatic carbocycles. The maximum Gasteiger partial charge on any atom is 0.350 e. The molecule has 2 aromatic heterocycles. The molecule has 2 aromatic rings. The SMILES string of the molecule is O=P(O)(O)COC[C@@H]1C[C@H](F)C(n2cnc3c(N[C@H]4CCOC4)nc(Cl)nc32)O1. The lowest BCUT2D eigenvalue weighted by atomic mass is 10.2. The fourth-order valence-corrected chi connectivity index (χ4v) is 3.88. The van der Waals surface area contributed by atoms with Gasteiger partial charge in [0.2, 0.25) is 5.28 Å². The van der Waals surface area contributed by atoms with Gasteiger partial charge in [-0.05, 0) is 18.0 Å². The van der Waals surface area contributed by atoms with Crippen LogP contribution in [0.1, 0.15) is 19.1 Å². The van der Waals surface area contributed by atoms with E-state index in [1.54, 1.807) is 0 Å². The molecule has 1 unspecified atom stereocenters. The van der Waals surface area contributed by atoms with Gasteiger partial charge in [0, 0.05) is 13.0 Å². The zero-order chi connectivity index (χ0) is 20.6. The molecule has 2 aliphatic rings. The highest BCUT2D eigenvalue weighted by Crippen LogP contribution is 2.37. The van der Waals surface area contributed by atoms with Crippen LogP contribution in [-0.4, -0.2) is 73.8 Å². The molecule has 0 bridgehead atoms. The third kappa shape index (κ3) is 4.85. The van der Waals surface area contributed by atoms with E-state index in [-0.39, 0.29) is 24.4 Å². The molecular weight excluding hydrogens is 432 g/mol. The molecule has 160 valence electrons. The van der Waals surface area contributed by atoms with E-state index in [4.69, 9.17) is 35.6 Å². The van der Waals surface area contributed by atoms with E-state index in [2.05, 4.69) is 20.3 Å². The van der Waals surface area contributed by atoms with Crippen LogP contribution in [-0.2, 0) is 18.8 Å². The summed E-state index contributed by atoms with van der Waals surface area (Å²) in [6.07, 6.45) is -1.58. The largest absolute Gasteiger partial charge is 0.379 e. The van der Waals surface area contributed by atoms with Crippen LogP contribution in [0.2, 0.25) is 5.28 Å². The number of hydrogen-bond acceptors (Lipinski definition) is 8. The minimum Gasteiger partial charge on any atom is -0.379 e. The van der Waals surface area contributed by atoms with E-state index >= 15 is 0 Å². The number of hydrogen-bond donors (Lipinski definition) is 3. The Morgan fingerprint density at radius 1 is 1.45 bits per heavy atom. The number of nitrogens with zero attached hydrogens (tertiary/aromatic N) is 4. The summed E-state index contributed by atoms with van der Waals surface area (Å²) in [4.78, 5) is 30.3. The number of anilines is 1. The van der Waals surface area contributed by atoms with Crippen molar-refractivity contribution in [3.63, 3.8) is 0 Å². The molecule has 4 atom stereocenters. The van der Waals surface area contributed by atoms with Crippen LogP contribution in [0.4, 0.5) is 10.2 Å². The van der Waals surface area contributed by atoms with Crippen LogP contribution in [0.5, 0.6) is 0 Å². The third-order valence-electron chi connectivity index (χ3n) is 4.63. The first-order valence-electron chi connectivity index (χ1n) is 8.96. The molecule has 11 nitrogen and oxygen atoms in total. The van der Waals surface area contributed by atoms with Crippen molar-refractivity contribution in [2.75, 3.05) is 31.5 Å². The highest BCUT2D eigenvalue weighted by atomic mass is 35.5. The number of fused-ring (bicyclic) bond motifs is 1. The highest BCUT2D eigenvalue weighted by Gasteiger charge is 2.38. The average Bonchev–Trinajstić information content (AvgIpc) is 3.34. The normalized spacial score (nSPS) is 27.7. The lowest BCUT2D eigenvalue weighted by molar-refractivity contribution is -0.0458. The monoisotopic (exact) mass is 451 g/mol. The first-order chi connectivity index (χ1) is 13.8. The quantitative estimate of drug-likeness (QED) is 0.418. The molecule has 14 heteroatoms. The third-order valence-corrected chi connectivity index (χ3v) is 5.32. The van der Waals surface area contributed by atoms with E-state index < -0.39 is 32.4 Å². The molecule has 4 heterocycles. The van der Waals surface area contributed by atoms with Gasteiger partial charge in [-0.2, -0.15) is 9.97 Å². The van der Waals surface area contributed by atoms with Crippen molar-refractivity contribution >= 4 is 36.2 Å². The average molecular weight is 452 g/mol. The maximum absolute atomic E-state index is 14.6. The van der Waals surface area contributed by atoms with Gasteiger partial charge in [-0.25, -0.2) is 9.37 Å². The van der Waals surface area contributed by atoms with Crippen molar-refractivity contribution in [3.8, 4) is 0 Å². The summed E-state index contributed by atoms with van der Waals surface area (Å²) in [7, 11) is -4.29. The lowest BCUT2D eigenvalue weighted by Crippen LogP contribution is -2.20. The predicted molar refractivity (Wildman–Crippen MR) is 99.5 cm³/mol. The van der Waals surface area contributed by atoms with Crippen molar-refractivity contribution in [1.82, 2.24) is 19.5 Å². The molecule has 0 aliphatic carbocycles. The van der Waals surface area contributed by atoms with Gasteiger partial charge in [0.25, 0.3) is 0 Å². The Bertz CT molecular complexity index is 922. The second kappa shape index (κ2) is 8.38. The van der Waals surface area contributed by atoms with Crippen LogP contribution >= 0.6 is 19.2 Å². The zero-order valence-electron chi connectivity index (χ0n) is 15.1. The van der Waals surface area contributed by atoms with E-state index in [1.165, 1.54) is 10.9 Å². The van der Waals surface area contributed by atoms with Crippen molar-refractivity contribution in [1.29, 1.82) is 0 Å². The van der Waals surface area contributed by atoms with Crippen molar-refractivity contribution in [2.45, 2.75) is 37.4 Å². The van der Waals surface area contributed by atoms with Gasteiger partial charge in [-0.15, -0.1) is 0 Å². The van der Waals surface area contributed by atoms with Crippen molar-refractivity contribution in [2.24, 2.45) is 0 Å². The minimum absolute atomic E-state index is 0.00876. The molecule has 29 heavy (non-hydrogen) atoms. The summed E-state index contributed by atoms with van der Waals surface area (Å²) in [6.45, 7) is 1.05. The Kier molecular flexibility index (Phi) is 6.03. The van der Waals surface area contributed by atoms with Crippen LogP contribution in [0, 0.1) is 0 Å². The molecule has 0 amide bonds. The number of nitrogens with one attached hydrogen (secondary N) is 1. The lowest BCUT2D eigenvalue weighted by Gasteiger charge is -2.17. The first-order valence-corrected chi connectivity index (χ1v) is 11.1. The summed E-state index contributed by atoms with van der Waals surface area (Å²) < 4.78 is 42.9. The Morgan fingerprint density at radius 2 is 2.28 bits per heavy atom. The molecular formula is C15H20ClFN5O6P. The second-order valence-corrected chi connectivity index (χ2v) is 8.86. The smallest absolute Gasteiger partial charge is 0.350 e. The summed E-state index contributed by atoms with van der Waals surface area (Å²) in [5.41, 5.74) is 0.745. The number of imidazole rings is 1. The van der Waals surface area contributed by atoms with E-state index in [0.29, 0.717) is 30.2 Å². The topological polar surface area (TPSA) is 141 Å². The number of rotatable bonds is 7. The summed E-state index contributed by atoms with van der Waals surface area (Å²) in [5.74, 6) is 0.434. The predicted octanol–water partition coefficient (Wildman–Crippen LogP) is 1.46. The van der Waals surface area contributed by atoms with Gasteiger partial charge in [-0.3, -0.25) is 9.13 Å². The van der Waals surface area contributed by atoms with E-state index in [1.807, 2.05) is 0 Å². The van der Waals surface area contributed by atoms with Crippen LogP contribution in [0.3, 0.4) is 0 Å². The molecule has 0 saturated carbocycles. The Labute approximate surface area is 169 Å². The van der Waals surface area contributed by atoms with Gasteiger partial charge >= 0.3 is 7.60 Å². The molecule has 4 rings (SSSR count).